The maximum atomic E-state index is 10.8. The highest BCUT2D eigenvalue weighted by molar-refractivity contribution is 5.64. The van der Waals surface area contributed by atoms with Crippen molar-refractivity contribution in [2.45, 2.75) is 6.10 Å². The molecule has 1 aromatic rings. The number of carbonyl (C=O) groups excluding carboxylic acids is 1. The van der Waals surface area contributed by atoms with E-state index in [1.165, 1.54) is 0 Å². The van der Waals surface area contributed by atoms with Gasteiger partial charge in [0.15, 0.2) is 6.10 Å². The van der Waals surface area contributed by atoms with Gasteiger partial charge in [-0.1, -0.05) is 5.92 Å². The third-order valence-electron chi connectivity index (χ3n) is 2.27. The monoisotopic (exact) mass is 279 g/mol. The van der Waals surface area contributed by atoms with Crippen LogP contribution >= 0.6 is 0 Å². The summed E-state index contributed by atoms with van der Waals surface area (Å²) < 4.78 is 20.5. The van der Waals surface area contributed by atoms with Crippen LogP contribution in [0.4, 0.5) is 4.79 Å². The summed E-state index contributed by atoms with van der Waals surface area (Å²) in [5.74, 6) is 3.65. The van der Waals surface area contributed by atoms with Crippen LogP contribution in [0.15, 0.2) is 24.3 Å². The van der Waals surface area contributed by atoms with Gasteiger partial charge in [0.1, 0.15) is 24.7 Å². The fourth-order valence-corrected chi connectivity index (χ4v) is 1.39. The van der Waals surface area contributed by atoms with Crippen LogP contribution in [0.2, 0.25) is 0 Å². The molecule has 108 valence electrons. The van der Waals surface area contributed by atoms with Crippen LogP contribution in [0.5, 0.6) is 11.5 Å². The van der Waals surface area contributed by atoms with Gasteiger partial charge in [-0.15, -0.1) is 6.42 Å². The molecule has 2 N–H and O–H groups in total. The lowest BCUT2D eigenvalue weighted by Gasteiger charge is -2.17. The van der Waals surface area contributed by atoms with Crippen LogP contribution in [0.25, 0.3) is 0 Å². The second-order valence-corrected chi connectivity index (χ2v) is 3.76. The summed E-state index contributed by atoms with van der Waals surface area (Å²) in [5.41, 5.74) is 4.98. The third kappa shape index (κ3) is 5.98. The number of hydrogen-bond acceptors (Lipinski definition) is 5. The van der Waals surface area contributed by atoms with Gasteiger partial charge < -0.3 is 24.7 Å². The molecule has 0 spiro atoms. The van der Waals surface area contributed by atoms with Crippen molar-refractivity contribution in [3.63, 3.8) is 0 Å². The van der Waals surface area contributed by atoms with E-state index in [1.54, 1.807) is 31.4 Å². The van der Waals surface area contributed by atoms with Crippen LogP contribution < -0.4 is 15.2 Å². The lowest BCUT2D eigenvalue weighted by Crippen LogP contribution is -2.32. The Balaban J connectivity index is 2.46. The Kier molecular flexibility index (Phi) is 6.79. The molecule has 0 saturated heterocycles. The van der Waals surface area contributed by atoms with Gasteiger partial charge >= 0.3 is 6.09 Å². The normalized spacial score (nSPS) is 11.2. The summed E-state index contributed by atoms with van der Waals surface area (Å²) in [6, 6.07) is 6.99. The molecule has 0 heterocycles. The number of nitrogens with two attached hydrogens (primary N) is 1. The summed E-state index contributed by atoms with van der Waals surface area (Å²) in [4.78, 5) is 10.8. The highest BCUT2D eigenvalue weighted by Gasteiger charge is 2.14. The second kappa shape index (κ2) is 8.67. The van der Waals surface area contributed by atoms with Crippen molar-refractivity contribution in [3.8, 4) is 23.8 Å². The highest BCUT2D eigenvalue weighted by Crippen LogP contribution is 2.17. The Morgan fingerprint density at radius 3 is 2.50 bits per heavy atom. The average molecular weight is 279 g/mol. The van der Waals surface area contributed by atoms with Crippen molar-refractivity contribution in [1.82, 2.24) is 0 Å². The van der Waals surface area contributed by atoms with E-state index in [2.05, 4.69) is 5.92 Å². The summed E-state index contributed by atoms with van der Waals surface area (Å²) in [6.45, 7) is 0.351. The molecule has 1 aromatic carbocycles. The molecule has 0 fully saturated rings. The number of carbonyl (C=O) groups is 1. The fourth-order valence-electron chi connectivity index (χ4n) is 1.39. The molecule has 20 heavy (non-hydrogen) atoms. The van der Waals surface area contributed by atoms with Gasteiger partial charge in [-0.3, -0.25) is 0 Å². The highest BCUT2D eigenvalue weighted by atomic mass is 16.6. The SMILES string of the molecule is C#CCOCC(COc1ccc(OC)cc1)OC(N)=O. The van der Waals surface area contributed by atoms with Gasteiger partial charge in [-0.2, -0.15) is 0 Å². The van der Waals surface area contributed by atoms with E-state index >= 15 is 0 Å². The van der Waals surface area contributed by atoms with Gasteiger partial charge in [0, 0.05) is 0 Å². The van der Waals surface area contributed by atoms with E-state index in [-0.39, 0.29) is 19.8 Å². The molecule has 1 rings (SSSR count). The number of terminal acetylenes is 1. The zero-order chi connectivity index (χ0) is 14.8. The van der Waals surface area contributed by atoms with E-state index in [0.717, 1.165) is 5.75 Å². The Hall–Kier alpha value is -2.39. The lowest BCUT2D eigenvalue weighted by molar-refractivity contribution is 0.0101. The van der Waals surface area contributed by atoms with Crippen molar-refractivity contribution in [2.75, 3.05) is 26.9 Å². The summed E-state index contributed by atoms with van der Waals surface area (Å²) in [5, 5.41) is 0. The van der Waals surface area contributed by atoms with Crippen molar-refractivity contribution in [3.05, 3.63) is 24.3 Å². The van der Waals surface area contributed by atoms with E-state index in [1.807, 2.05) is 0 Å². The third-order valence-corrected chi connectivity index (χ3v) is 2.27. The molecule has 0 radical (unpaired) electrons. The van der Waals surface area contributed by atoms with Crippen LogP contribution in [-0.2, 0) is 9.47 Å². The first-order valence-electron chi connectivity index (χ1n) is 5.90. The first-order valence-corrected chi connectivity index (χ1v) is 5.90. The molecule has 0 saturated carbocycles. The van der Waals surface area contributed by atoms with Gasteiger partial charge in [0.05, 0.1) is 13.7 Å². The minimum absolute atomic E-state index is 0.111. The molecule has 0 aromatic heterocycles. The maximum Gasteiger partial charge on any atom is 0.404 e. The molecule has 0 aliphatic rings. The van der Waals surface area contributed by atoms with Gasteiger partial charge in [-0.05, 0) is 24.3 Å². The predicted molar refractivity (Wildman–Crippen MR) is 72.6 cm³/mol. The zero-order valence-corrected chi connectivity index (χ0v) is 11.2. The molecule has 1 amide bonds. The predicted octanol–water partition coefficient (Wildman–Crippen LogP) is 1.19. The van der Waals surface area contributed by atoms with Crippen molar-refractivity contribution >= 4 is 6.09 Å². The summed E-state index contributed by atoms with van der Waals surface area (Å²) in [6.07, 6.45) is 3.54. The van der Waals surface area contributed by atoms with Crippen LogP contribution in [0.1, 0.15) is 0 Å². The molecule has 6 nitrogen and oxygen atoms in total. The summed E-state index contributed by atoms with van der Waals surface area (Å²) in [7, 11) is 1.58. The Labute approximate surface area is 117 Å². The molecular formula is C14H17NO5. The van der Waals surface area contributed by atoms with Crippen LogP contribution in [-0.4, -0.2) is 39.1 Å². The van der Waals surface area contributed by atoms with Crippen molar-refractivity contribution < 1.29 is 23.7 Å². The topological polar surface area (TPSA) is 80.0 Å². The maximum absolute atomic E-state index is 10.8. The van der Waals surface area contributed by atoms with Crippen molar-refractivity contribution in [2.24, 2.45) is 5.73 Å². The first kappa shape index (κ1) is 15.7. The summed E-state index contributed by atoms with van der Waals surface area (Å²) >= 11 is 0. The zero-order valence-electron chi connectivity index (χ0n) is 11.2. The van der Waals surface area contributed by atoms with Gasteiger partial charge in [0.25, 0.3) is 0 Å². The van der Waals surface area contributed by atoms with Gasteiger partial charge in [0.2, 0.25) is 0 Å². The van der Waals surface area contributed by atoms with E-state index < -0.39 is 12.2 Å². The fraction of sp³-hybridized carbons (Fsp3) is 0.357. The lowest BCUT2D eigenvalue weighted by atomic mass is 10.3. The molecule has 0 aliphatic heterocycles. The number of primary amides is 1. The number of methoxy groups -OCH3 is 1. The quantitative estimate of drug-likeness (QED) is 0.571. The number of benzene rings is 1. The minimum Gasteiger partial charge on any atom is -0.497 e. The van der Waals surface area contributed by atoms with Gasteiger partial charge in [-0.25, -0.2) is 4.79 Å². The van der Waals surface area contributed by atoms with Crippen LogP contribution in [0, 0.1) is 12.3 Å². The van der Waals surface area contributed by atoms with Crippen LogP contribution in [0.3, 0.4) is 0 Å². The number of amides is 1. The number of rotatable bonds is 8. The Morgan fingerprint density at radius 2 is 1.95 bits per heavy atom. The number of ether oxygens (including phenoxy) is 4. The molecular weight excluding hydrogens is 262 g/mol. The molecule has 1 unspecified atom stereocenters. The molecule has 0 aliphatic carbocycles. The molecule has 1 atom stereocenters. The number of hydrogen-bond donors (Lipinski definition) is 1. The largest absolute Gasteiger partial charge is 0.497 e. The molecule has 0 bridgehead atoms. The standard InChI is InChI=1S/C14H17NO5/c1-3-8-18-9-13(20-14(15)16)10-19-12-6-4-11(17-2)5-7-12/h1,4-7,13H,8-10H2,2H3,(H2,15,16). The average Bonchev–Trinajstić information content (AvgIpc) is 2.45. The van der Waals surface area contributed by atoms with E-state index in [4.69, 9.17) is 31.1 Å². The second-order valence-electron chi connectivity index (χ2n) is 3.76. The van der Waals surface area contributed by atoms with E-state index in [0.29, 0.717) is 5.75 Å². The van der Waals surface area contributed by atoms with Crippen molar-refractivity contribution in [1.29, 1.82) is 0 Å². The Bertz CT molecular complexity index is 452. The molecule has 6 heteroatoms. The minimum atomic E-state index is -0.891. The van der Waals surface area contributed by atoms with E-state index in [9.17, 15) is 4.79 Å². The first-order chi connectivity index (χ1) is 9.65. The smallest absolute Gasteiger partial charge is 0.404 e. The Morgan fingerprint density at radius 1 is 1.30 bits per heavy atom.